The molecule has 1 atom stereocenters. The van der Waals surface area contributed by atoms with E-state index in [1.54, 1.807) is 6.92 Å². The Morgan fingerprint density at radius 3 is 2.28 bits per heavy atom. The van der Waals surface area contributed by atoms with Crippen LogP contribution in [-0.4, -0.2) is 36.2 Å². The van der Waals surface area contributed by atoms with E-state index in [0.29, 0.717) is 4.99 Å². The Bertz CT molecular complexity index is 1100. The number of carbonyl (C=O) groups excluding carboxylic acids is 2. The van der Waals surface area contributed by atoms with E-state index >= 15 is 0 Å². The number of amides is 1. The van der Waals surface area contributed by atoms with Crippen LogP contribution in [0.25, 0.3) is 0 Å². The van der Waals surface area contributed by atoms with Gasteiger partial charge in [0.2, 0.25) is 34.8 Å². The highest BCUT2D eigenvalue weighted by Gasteiger charge is 2.33. The lowest BCUT2D eigenvalue weighted by molar-refractivity contribution is 0.0711. The number of rotatable bonds is 5. The predicted octanol–water partition coefficient (Wildman–Crippen LogP) is 4.00. The van der Waals surface area contributed by atoms with Crippen LogP contribution in [0.1, 0.15) is 17.3 Å². The van der Waals surface area contributed by atoms with Crippen molar-refractivity contribution in [2.45, 2.75) is 13.0 Å². The molecule has 13 heteroatoms. The average molecular weight is 478 g/mol. The van der Waals surface area contributed by atoms with Crippen molar-refractivity contribution in [1.29, 1.82) is 0 Å². The van der Waals surface area contributed by atoms with Crippen LogP contribution in [0.4, 0.5) is 36.8 Å². The Labute approximate surface area is 181 Å². The number of thiocarbonyl (C=S) groups is 1. The van der Waals surface area contributed by atoms with Gasteiger partial charge in [0.1, 0.15) is 11.9 Å². The summed E-state index contributed by atoms with van der Waals surface area (Å²) >= 11 is 4.86. The maximum atomic E-state index is 14.5. The Morgan fingerprint density at radius 2 is 1.72 bits per heavy atom. The SMILES string of the molecule is CC(=S)NC[C@H]1CN(c2ccc(C(=O)Oc3c(F)c(F)c(F)c(F)c3F)c(F)c2)C(=O)O1. The average Bonchev–Trinajstić information content (AvgIpc) is 3.12. The van der Waals surface area contributed by atoms with Crippen molar-refractivity contribution in [2.75, 3.05) is 18.0 Å². The minimum absolute atomic E-state index is 0.0122. The van der Waals surface area contributed by atoms with Gasteiger partial charge < -0.3 is 14.8 Å². The Balaban J connectivity index is 1.80. The highest BCUT2D eigenvalue weighted by Crippen LogP contribution is 2.30. The fourth-order valence-electron chi connectivity index (χ4n) is 2.76. The first-order chi connectivity index (χ1) is 15.0. The number of anilines is 1. The largest absolute Gasteiger partial charge is 0.442 e. The van der Waals surface area contributed by atoms with Crippen molar-refractivity contribution >= 4 is 35.0 Å². The normalized spacial score (nSPS) is 15.5. The second-order valence-corrected chi connectivity index (χ2v) is 7.12. The van der Waals surface area contributed by atoms with Crippen LogP contribution in [0.3, 0.4) is 0 Å². The molecule has 170 valence electrons. The van der Waals surface area contributed by atoms with Gasteiger partial charge in [-0.1, -0.05) is 12.2 Å². The zero-order chi connectivity index (χ0) is 23.7. The Kier molecular flexibility index (Phi) is 6.57. The van der Waals surface area contributed by atoms with Crippen molar-refractivity contribution in [3.05, 3.63) is 58.7 Å². The molecule has 6 nitrogen and oxygen atoms in total. The van der Waals surface area contributed by atoms with Crippen LogP contribution < -0.4 is 15.0 Å². The monoisotopic (exact) mass is 478 g/mol. The first-order valence-electron chi connectivity index (χ1n) is 8.77. The number of nitrogens with zero attached hydrogens (tertiary/aromatic N) is 1. The summed E-state index contributed by atoms with van der Waals surface area (Å²) in [5.41, 5.74) is -0.887. The van der Waals surface area contributed by atoms with Crippen LogP contribution in [0.15, 0.2) is 18.2 Å². The van der Waals surface area contributed by atoms with Gasteiger partial charge in [0.15, 0.2) is 0 Å². The van der Waals surface area contributed by atoms with Gasteiger partial charge in [-0.2, -0.15) is 8.78 Å². The highest BCUT2D eigenvalue weighted by atomic mass is 32.1. The lowest BCUT2D eigenvalue weighted by atomic mass is 10.1. The second-order valence-electron chi connectivity index (χ2n) is 6.51. The minimum atomic E-state index is -2.44. The van der Waals surface area contributed by atoms with Gasteiger partial charge in [0.05, 0.1) is 29.3 Å². The zero-order valence-corrected chi connectivity index (χ0v) is 16.8. The number of hydrogen-bond acceptors (Lipinski definition) is 5. The van der Waals surface area contributed by atoms with Gasteiger partial charge in [-0.25, -0.2) is 27.2 Å². The van der Waals surface area contributed by atoms with Crippen molar-refractivity contribution < 1.29 is 45.4 Å². The van der Waals surface area contributed by atoms with Gasteiger partial charge in [-0.3, -0.25) is 4.90 Å². The van der Waals surface area contributed by atoms with Crippen molar-refractivity contribution in [3.63, 3.8) is 0 Å². The van der Waals surface area contributed by atoms with Crippen molar-refractivity contribution in [3.8, 4) is 5.75 Å². The van der Waals surface area contributed by atoms with Crippen molar-refractivity contribution in [2.24, 2.45) is 0 Å². The summed E-state index contributed by atoms with van der Waals surface area (Å²) in [6, 6.07) is 2.68. The van der Waals surface area contributed by atoms with Gasteiger partial charge in [0.25, 0.3) is 0 Å². The molecule has 32 heavy (non-hydrogen) atoms. The number of esters is 1. The molecule has 1 saturated heterocycles. The Hall–Kier alpha value is -3.35. The number of cyclic esters (lactones) is 1. The molecule has 0 unspecified atom stereocenters. The number of benzene rings is 2. The summed E-state index contributed by atoms with van der Waals surface area (Å²) in [5, 5.41) is 2.81. The molecular weight excluding hydrogens is 466 g/mol. The van der Waals surface area contributed by atoms with Crippen LogP contribution in [-0.2, 0) is 4.74 Å². The summed E-state index contributed by atoms with van der Waals surface area (Å²) in [4.78, 5) is 25.6. The Morgan fingerprint density at radius 1 is 1.12 bits per heavy atom. The molecule has 0 bridgehead atoms. The lowest BCUT2D eigenvalue weighted by Gasteiger charge is -2.14. The molecule has 2 aromatic carbocycles. The quantitative estimate of drug-likeness (QED) is 0.175. The lowest BCUT2D eigenvalue weighted by Crippen LogP contribution is -2.32. The smallest absolute Gasteiger partial charge is 0.414 e. The molecule has 0 spiro atoms. The summed E-state index contributed by atoms with van der Waals surface area (Å²) < 4.78 is 90.7. The van der Waals surface area contributed by atoms with Crippen molar-refractivity contribution in [1.82, 2.24) is 5.32 Å². The van der Waals surface area contributed by atoms with E-state index in [-0.39, 0.29) is 18.8 Å². The maximum Gasteiger partial charge on any atom is 0.414 e. The molecular formula is C19H12F6N2O4S. The molecule has 0 aliphatic carbocycles. The second kappa shape index (κ2) is 9.02. The molecule has 2 aromatic rings. The molecule has 1 N–H and O–H groups in total. The molecule has 1 fully saturated rings. The number of nitrogens with one attached hydrogen (secondary N) is 1. The van der Waals surface area contributed by atoms with E-state index in [1.807, 2.05) is 0 Å². The zero-order valence-electron chi connectivity index (χ0n) is 16.0. The number of ether oxygens (including phenoxy) is 2. The molecule has 0 aromatic heterocycles. The van der Waals surface area contributed by atoms with Crippen LogP contribution in [0, 0.1) is 34.9 Å². The van der Waals surface area contributed by atoms with E-state index in [4.69, 9.17) is 17.0 Å². The van der Waals surface area contributed by atoms with Crippen LogP contribution >= 0.6 is 12.2 Å². The molecule has 1 aliphatic rings. The van der Waals surface area contributed by atoms with Gasteiger partial charge in [-0.05, 0) is 25.1 Å². The van der Waals surface area contributed by atoms with E-state index in [9.17, 15) is 35.9 Å². The van der Waals surface area contributed by atoms with E-state index < -0.39 is 64.4 Å². The minimum Gasteiger partial charge on any atom is -0.442 e. The first-order valence-corrected chi connectivity index (χ1v) is 9.17. The molecule has 0 radical (unpaired) electrons. The molecule has 1 heterocycles. The van der Waals surface area contributed by atoms with Crippen LogP contribution in [0.2, 0.25) is 0 Å². The summed E-state index contributed by atoms with van der Waals surface area (Å²) in [7, 11) is 0. The topological polar surface area (TPSA) is 67.9 Å². The van der Waals surface area contributed by atoms with E-state index in [0.717, 1.165) is 23.1 Å². The fraction of sp³-hybridized carbons (Fsp3) is 0.211. The molecule has 0 saturated carbocycles. The highest BCUT2D eigenvalue weighted by molar-refractivity contribution is 7.80. The maximum absolute atomic E-state index is 14.5. The standard InChI is InChI=1S/C19H12F6N2O4S/c1-7(32)26-5-9-6-27(19(29)30-9)8-2-3-10(11(20)4-8)18(28)31-17-15(24)13(22)12(21)14(23)16(17)25/h2-4,9H,5-6H2,1H3,(H,26,32)/t9-/m0/s1. The molecule has 1 amide bonds. The number of hydrogen-bond donors (Lipinski definition) is 1. The number of halogens is 6. The van der Waals surface area contributed by atoms with Gasteiger partial charge >= 0.3 is 12.1 Å². The third-order valence-electron chi connectivity index (χ3n) is 4.30. The van der Waals surface area contributed by atoms with E-state index in [1.165, 1.54) is 0 Å². The van der Waals surface area contributed by atoms with Gasteiger partial charge in [0, 0.05) is 0 Å². The predicted molar refractivity (Wildman–Crippen MR) is 101 cm³/mol. The third kappa shape index (κ3) is 4.47. The number of carbonyl (C=O) groups is 2. The fourth-order valence-corrected chi connectivity index (χ4v) is 2.84. The van der Waals surface area contributed by atoms with Crippen LogP contribution in [0.5, 0.6) is 5.75 Å². The summed E-state index contributed by atoms with van der Waals surface area (Å²) in [6.45, 7) is 1.87. The summed E-state index contributed by atoms with van der Waals surface area (Å²) in [6.07, 6.45) is -1.39. The molecule has 3 rings (SSSR count). The molecule has 1 aliphatic heterocycles. The van der Waals surface area contributed by atoms with E-state index in [2.05, 4.69) is 10.1 Å². The first kappa shape index (κ1) is 23.3. The summed E-state index contributed by atoms with van der Waals surface area (Å²) in [5.74, 6) is -16.8. The van der Waals surface area contributed by atoms with Gasteiger partial charge in [-0.15, -0.1) is 0 Å². The third-order valence-corrected chi connectivity index (χ3v) is 4.45.